The Morgan fingerprint density at radius 1 is 1.40 bits per heavy atom. The number of hydrogen-bond acceptors (Lipinski definition) is 6. The molecule has 0 unspecified atom stereocenters. The van der Waals surface area contributed by atoms with Crippen molar-refractivity contribution in [3.8, 4) is 5.88 Å². The van der Waals surface area contributed by atoms with Crippen molar-refractivity contribution >= 4 is 5.97 Å². The summed E-state index contributed by atoms with van der Waals surface area (Å²) in [6.45, 7) is 1.08. The van der Waals surface area contributed by atoms with E-state index in [-0.39, 0.29) is 0 Å². The van der Waals surface area contributed by atoms with Gasteiger partial charge >= 0.3 is 5.97 Å². The molecule has 0 aromatic carbocycles. The fourth-order valence-electron chi connectivity index (χ4n) is 1.76. The summed E-state index contributed by atoms with van der Waals surface area (Å²) in [6, 6.07) is 5.43. The molecule has 0 fully saturated rings. The second-order valence-electron chi connectivity index (χ2n) is 4.07. The Morgan fingerprint density at radius 3 is 3.00 bits per heavy atom. The number of nitrogens with one attached hydrogen (secondary N) is 1. The predicted molar refractivity (Wildman–Crippen MR) is 71.4 cm³/mol. The van der Waals surface area contributed by atoms with Crippen LogP contribution >= 0.6 is 0 Å². The minimum atomic E-state index is -0.408. The summed E-state index contributed by atoms with van der Waals surface area (Å²) in [5, 5.41) is 3.20. The highest BCUT2D eigenvalue weighted by atomic mass is 16.5. The van der Waals surface area contributed by atoms with Crippen molar-refractivity contribution in [1.82, 2.24) is 10.3 Å². The standard InChI is InChI=1S/C14H16N2O4/c1-18-13-10(4-3-5-16-13)7-15-8-12-6-11(9-20-12)14(17)19-2/h3-6,9,15H,7-8H2,1-2H3. The molecule has 0 bridgehead atoms. The Bertz CT molecular complexity index is 580. The molecule has 0 saturated carbocycles. The lowest BCUT2D eigenvalue weighted by molar-refractivity contribution is 0.0600. The summed E-state index contributed by atoms with van der Waals surface area (Å²) in [4.78, 5) is 15.4. The van der Waals surface area contributed by atoms with Gasteiger partial charge in [0, 0.05) is 18.3 Å². The number of furan rings is 1. The first kappa shape index (κ1) is 14.1. The summed E-state index contributed by atoms with van der Waals surface area (Å²) < 4.78 is 15.0. The predicted octanol–water partition coefficient (Wildman–Crippen LogP) is 1.76. The SMILES string of the molecule is COC(=O)c1coc(CNCc2cccnc2OC)c1. The van der Waals surface area contributed by atoms with Gasteiger partial charge in [0.1, 0.15) is 12.0 Å². The van der Waals surface area contributed by atoms with Crippen molar-refractivity contribution in [2.45, 2.75) is 13.1 Å². The molecule has 6 nitrogen and oxygen atoms in total. The van der Waals surface area contributed by atoms with Crippen LogP contribution in [0.25, 0.3) is 0 Å². The molecule has 0 radical (unpaired) electrons. The topological polar surface area (TPSA) is 73.6 Å². The average Bonchev–Trinajstić information content (AvgIpc) is 2.96. The Balaban J connectivity index is 1.89. The van der Waals surface area contributed by atoms with Gasteiger partial charge in [-0.1, -0.05) is 6.07 Å². The summed E-state index contributed by atoms with van der Waals surface area (Å²) in [6.07, 6.45) is 3.06. The van der Waals surface area contributed by atoms with Crippen molar-refractivity contribution in [3.05, 3.63) is 47.5 Å². The van der Waals surface area contributed by atoms with E-state index in [2.05, 4.69) is 15.0 Å². The lowest BCUT2D eigenvalue weighted by atomic mass is 10.2. The Kier molecular flexibility index (Phi) is 4.73. The summed E-state index contributed by atoms with van der Waals surface area (Å²) in [7, 11) is 2.92. The van der Waals surface area contributed by atoms with E-state index in [1.807, 2.05) is 12.1 Å². The second-order valence-corrected chi connectivity index (χ2v) is 4.07. The van der Waals surface area contributed by atoms with Crippen LogP contribution in [0.15, 0.2) is 35.1 Å². The second kappa shape index (κ2) is 6.72. The van der Waals surface area contributed by atoms with Crippen LogP contribution < -0.4 is 10.1 Å². The number of methoxy groups -OCH3 is 2. The van der Waals surface area contributed by atoms with E-state index in [4.69, 9.17) is 9.15 Å². The highest BCUT2D eigenvalue weighted by Crippen LogP contribution is 2.14. The van der Waals surface area contributed by atoms with Crippen LogP contribution in [0.2, 0.25) is 0 Å². The molecule has 0 spiro atoms. The number of esters is 1. The number of pyridine rings is 1. The largest absolute Gasteiger partial charge is 0.481 e. The van der Waals surface area contributed by atoms with Gasteiger partial charge < -0.3 is 19.2 Å². The first-order chi connectivity index (χ1) is 9.74. The molecule has 1 N–H and O–H groups in total. The number of hydrogen-bond donors (Lipinski definition) is 1. The van der Waals surface area contributed by atoms with Gasteiger partial charge in [-0.2, -0.15) is 0 Å². The maximum Gasteiger partial charge on any atom is 0.341 e. The van der Waals surface area contributed by atoms with Crippen LogP contribution in [-0.4, -0.2) is 25.2 Å². The zero-order valence-electron chi connectivity index (χ0n) is 11.4. The quantitative estimate of drug-likeness (QED) is 0.810. The van der Waals surface area contributed by atoms with Crippen LogP contribution in [0.4, 0.5) is 0 Å². The number of aromatic nitrogens is 1. The van der Waals surface area contributed by atoms with Gasteiger partial charge in [-0.15, -0.1) is 0 Å². The third-order valence-electron chi connectivity index (χ3n) is 2.73. The smallest absolute Gasteiger partial charge is 0.341 e. The highest BCUT2D eigenvalue weighted by Gasteiger charge is 2.10. The van der Waals surface area contributed by atoms with E-state index in [1.54, 1.807) is 19.4 Å². The average molecular weight is 276 g/mol. The molecule has 20 heavy (non-hydrogen) atoms. The number of carbonyl (C=O) groups is 1. The molecule has 0 saturated heterocycles. The minimum Gasteiger partial charge on any atom is -0.481 e. The number of carbonyl (C=O) groups excluding carboxylic acids is 1. The highest BCUT2D eigenvalue weighted by molar-refractivity contribution is 5.88. The van der Waals surface area contributed by atoms with Crippen molar-refractivity contribution < 1.29 is 18.7 Å². The van der Waals surface area contributed by atoms with Gasteiger partial charge in [-0.25, -0.2) is 9.78 Å². The van der Waals surface area contributed by atoms with Gasteiger partial charge in [-0.3, -0.25) is 0 Å². The number of nitrogens with zero attached hydrogens (tertiary/aromatic N) is 1. The summed E-state index contributed by atoms with van der Waals surface area (Å²) in [5.41, 5.74) is 1.36. The maximum atomic E-state index is 11.3. The van der Waals surface area contributed by atoms with Gasteiger partial charge in [0.2, 0.25) is 5.88 Å². The molecule has 0 aliphatic rings. The van der Waals surface area contributed by atoms with Crippen LogP contribution in [0.3, 0.4) is 0 Å². The zero-order valence-corrected chi connectivity index (χ0v) is 11.4. The van der Waals surface area contributed by atoms with Gasteiger partial charge in [0.15, 0.2) is 0 Å². The molecule has 2 aromatic heterocycles. The van der Waals surface area contributed by atoms with E-state index >= 15 is 0 Å². The first-order valence-electron chi connectivity index (χ1n) is 6.09. The molecular weight excluding hydrogens is 260 g/mol. The fraction of sp³-hybridized carbons (Fsp3) is 0.286. The van der Waals surface area contributed by atoms with Gasteiger partial charge in [-0.05, 0) is 12.1 Å². The molecule has 2 heterocycles. The molecule has 0 aliphatic heterocycles. The van der Waals surface area contributed by atoms with Crippen LogP contribution in [0, 0.1) is 0 Å². The van der Waals surface area contributed by atoms with Crippen molar-refractivity contribution in [2.75, 3.05) is 14.2 Å². The Morgan fingerprint density at radius 2 is 2.25 bits per heavy atom. The number of rotatable bonds is 6. The molecular formula is C14H16N2O4. The lowest BCUT2D eigenvalue weighted by Gasteiger charge is -2.07. The maximum absolute atomic E-state index is 11.3. The van der Waals surface area contributed by atoms with Crippen molar-refractivity contribution in [3.63, 3.8) is 0 Å². The van der Waals surface area contributed by atoms with Crippen molar-refractivity contribution in [1.29, 1.82) is 0 Å². The fourth-order valence-corrected chi connectivity index (χ4v) is 1.76. The van der Waals surface area contributed by atoms with Crippen molar-refractivity contribution in [2.24, 2.45) is 0 Å². The van der Waals surface area contributed by atoms with E-state index < -0.39 is 5.97 Å². The van der Waals surface area contributed by atoms with E-state index in [9.17, 15) is 4.79 Å². The van der Waals surface area contributed by atoms with Gasteiger partial charge in [0.25, 0.3) is 0 Å². The minimum absolute atomic E-state index is 0.406. The first-order valence-corrected chi connectivity index (χ1v) is 6.09. The molecule has 2 rings (SSSR count). The monoisotopic (exact) mass is 276 g/mol. The number of ether oxygens (including phenoxy) is 2. The molecule has 0 amide bonds. The summed E-state index contributed by atoms with van der Waals surface area (Å²) >= 11 is 0. The third-order valence-corrected chi connectivity index (χ3v) is 2.73. The zero-order chi connectivity index (χ0) is 14.4. The summed E-state index contributed by atoms with van der Waals surface area (Å²) in [5.74, 6) is 0.844. The molecule has 0 aliphatic carbocycles. The molecule has 0 atom stereocenters. The van der Waals surface area contributed by atoms with Gasteiger partial charge in [0.05, 0.1) is 26.3 Å². The molecule has 106 valence electrons. The molecule has 6 heteroatoms. The van der Waals surface area contributed by atoms with Crippen LogP contribution in [-0.2, 0) is 17.8 Å². The normalized spacial score (nSPS) is 10.3. The lowest BCUT2D eigenvalue weighted by Crippen LogP contribution is -2.13. The molecule has 2 aromatic rings. The Hall–Kier alpha value is -2.34. The van der Waals surface area contributed by atoms with E-state index in [1.165, 1.54) is 13.4 Å². The Labute approximate surface area is 116 Å². The third kappa shape index (κ3) is 3.36. The van der Waals surface area contributed by atoms with E-state index in [0.29, 0.717) is 30.3 Å². The van der Waals surface area contributed by atoms with Crippen LogP contribution in [0.5, 0.6) is 5.88 Å². The van der Waals surface area contributed by atoms with Crippen LogP contribution in [0.1, 0.15) is 21.7 Å². The van der Waals surface area contributed by atoms with E-state index in [0.717, 1.165) is 5.56 Å².